The van der Waals surface area contributed by atoms with E-state index >= 15 is 0 Å². The Hall–Kier alpha value is -2.87. The Morgan fingerprint density at radius 3 is 1.85 bits per heavy atom. The molecule has 0 bridgehead atoms. The van der Waals surface area contributed by atoms with E-state index in [1.54, 1.807) is 0 Å². The highest BCUT2D eigenvalue weighted by Crippen LogP contribution is 2.29. The van der Waals surface area contributed by atoms with Crippen LogP contribution in [0.5, 0.6) is 11.5 Å². The molecule has 0 atom stereocenters. The Bertz CT molecular complexity index is 876. The molecular formula is C25H26O2. The molecule has 0 aliphatic carbocycles. The summed E-state index contributed by atoms with van der Waals surface area (Å²) in [6.45, 7) is 6.70. The molecule has 2 heteroatoms. The number of ether oxygens (including phenoxy) is 1. The van der Waals surface area contributed by atoms with Crippen LogP contribution in [-0.4, -0.2) is 5.78 Å². The molecule has 2 nitrogen and oxygen atoms in total. The zero-order chi connectivity index (χ0) is 19.3. The summed E-state index contributed by atoms with van der Waals surface area (Å²) in [5.74, 6) is 1.53. The van der Waals surface area contributed by atoms with Crippen molar-refractivity contribution in [2.24, 2.45) is 0 Å². The number of carbonyl (C=O) groups is 1. The molecular weight excluding hydrogens is 332 g/mol. The first-order valence-corrected chi connectivity index (χ1v) is 9.48. The van der Waals surface area contributed by atoms with Crippen molar-refractivity contribution in [3.8, 4) is 11.5 Å². The quantitative estimate of drug-likeness (QED) is 0.435. The summed E-state index contributed by atoms with van der Waals surface area (Å²) < 4.78 is 5.78. The first-order valence-electron chi connectivity index (χ1n) is 9.48. The van der Waals surface area contributed by atoms with Crippen LogP contribution in [0.25, 0.3) is 0 Å². The molecule has 0 radical (unpaired) electrons. The Balaban J connectivity index is 1.72. The van der Waals surface area contributed by atoms with Gasteiger partial charge in [0.15, 0.2) is 5.78 Å². The van der Waals surface area contributed by atoms with E-state index in [0.717, 1.165) is 24.3 Å². The predicted octanol–water partition coefficient (Wildman–Crippen LogP) is 6.79. The average molecular weight is 358 g/mol. The normalized spacial score (nSPS) is 11.2. The molecule has 0 aliphatic heterocycles. The molecule has 3 aromatic rings. The largest absolute Gasteiger partial charge is 0.457 e. The zero-order valence-electron chi connectivity index (χ0n) is 16.2. The van der Waals surface area contributed by atoms with Gasteiger partial charge in [0.1, 0.15) is 11.5 Å². The smallest absolute Gasteiger partial charge is 0.193 e. The molecule has 0 aliphatic rings. The van der Waals surface area contributed by atoms with Crippen molar-refractivity contribution in [1.82, 2.24) is 0 Å². The molecule has 0 saturated carbocycles. The van der Waals surface area contributed by atoms with Gasteiger partial charge in [-0.05, 0) is 53.8 Å². The third kappa shape index (κ3) is 4.65. The van der Waals surface area contributed by atoms with E-state index in [1.165, 1.54) is 5.56 Å². The van der Waals surface area contributed by atoms with Gasteiger partial charge in [-0.25, -0.2) is 0 Å². The van der Waals surface area contributed by atoms with Gasteiger partial charge in [-0.1, -0.05) is 69.7 Å². The summed E-state index contributed by atoms with van der Waals surface area (Å²) in [6.07, 6.45) is 2.27. The van der Waals surface area contributed by atoms with Crippen LogP contribution in [0.1, 0.15) is 55.1 Å². The van der Waals surface area contributed by atoms with Crippen LogP contribution in [0.3, 0.4) is 0 Å². The summed E-state index contributed by atoms with van der Waals surface area (Å²) in [7, 11) is 0. The monoisotopic (exact) mass is 358 g/mol. The van der Waals surface area contributed by atoms with Gasteiger partial charge >= 0.3 is 0 Å². The van der Waals surface area contributed by atoms with E-state index in [2.05, 4.69) is 32.9 Å². The fourth-order valence-corrected chi connectivity index (χ4v) is 3.31. The summed E-state index contributed by atoms with van der Waals surface area (Å²) in [5, 5.41) is 0. The lowest BCUT2D eigenvalue weighted by Gasteiger charge is -2.24. The molecule has 0 amide bonds. The van der Waals surface area contributed by atoms with Gasteiger partial charge in [0.25, 0.3) is 0 Å². The van der Waals surface area contributed by atoms with Crippen LogP contribution in [-0.2, 0) is 5.41 Å². The van der Waals surface area contributed by atoms with Crippen molar-refractivity contribution in [2.75, 3.05) is 0 Å². The number of para-hydroxylation sites is 1. The second-order valence-electron chi connectivity index (χ2n) is 7.48. The number of benzene rings is 3. The number of rotatable bonds is 7. The van der Waals surface area contributed by atoms with Crippen molar-refractivity contribution < 1.29 is 9.53 Å². The standard InChI is InChI=1S/C25H26O2/c1-4-18-25(2,3)21-14-10-19(11-15-21)24(26)20-12-16-23(17-13-20)27-22-8-6-5-7-9-22/h5-17H,4,18H2,1-3H3. The van der Waals surface area contributed by atoms with E-state index < -0.39 is 0 Å². The third-order valence-electron chi connectivity index (χ3n) is 4.90. The lowest BCUT2D eigenvalue weighted by molar-refractivity contribution is 0.103. The number of ketones is 1. The van der Waals surface area contributed by atoms with Crippen LogP contribution in [0.2, 0.25) is 0 Å². The molecule has 3 aromatic carbocycles. The van der Waals surface area contributed by atoms with Crippen LogP contribution in [0.4, 0.5) is 0 Å². The maximum Gasteiger partial charge on any atom is 0.193 e. The number of hydrogen-bond acceptors (Lipinski definition) is 2. The lowest BCUT2D eigenvalue weighted by Crippen LogP contribution is -2.16. The fourth-order valence-electron chi connectivity index (χ4n) is 3.31. The predicted molar refractivity (Wildman–Crippen MR) is 111 cm³/mol. The molecule has 0 unspecified atom stereocenters. The SMILES string of the molecule is CCCC(C)(C)c1ccc(C(=O)c2ccc(Oc3ccccc3)cc2)cc1. The highest BCUT2D eigenvalue weighted by molar-refractivity contribution is 6.09. The van der Waals surface area contributed by atoms with Gasteiger partial charge in [-0.2, -0.15) is 0 Å². The van der Waals surface area contributed by atoms with Crippen LogP contribution >= 0.6 is 0 Å². The van der Waals surface area contributed by atoms with Gasteiger partial charge in [-0.3, -0.25) is 4.79 Å². The maximum absolute atomic E-state index is 12.8. The van der Waals surface area contributed by atoms with Crippen molar-refractivity contribution in [3.63, 3.8) is 0 Å². The minimum atomic E-state index is 0.0288. The number of carbonyl (C=O) groups excluding carboxylic acids is 1. The highest BCUT2D eigenvalue weighted by Gasteiger charge is 2.19. The van der Waals surface area contributed by atoms with Gasteiger partial charge in [0, 0.05) is 11.1 Å². The summed E-state index contributed by atoms with van der Waals surface area (Å²) in [4.78, 5) is 12.8. The van der Waals surface area contributed by atoms with Gasteiger partial charge in [0.2, 0.25) is 0 Å². The van der Waals surface area contributed by atoms with Crippen molar-refractivity contribution >= 4 is 5.78 Å². The van der Waals surface area contributed by atoms with Gasteiger partial charge < -0.3 is 4.74 Å². The van der Waals surface area contributed by atoms with Crippen LogP contribution in [0, 0.1) is 0 Å². The first-order chi connectivity index (χ1) is 13.0. The molecule has 0 heterocycles. The second kappa shape index (κ2) is 8.22. The minimum absolute atomic E-state index is 0.0288. The first kappa shape index (κ1) is 18.9. The third-order valence-corrected chi connectivity index (χ3v) is 4.90. The Morgan fingerprint density at radius 1 is 0.778 bits per heavy atom. The molecule has 3 rings (SSSR count). The van der Waals surface area contributed by atoms with E-state index in [4.69, 9.17) is 4.74 Å². The van der Waals surface area contributed by atoms with Crippen molar-refractivity contribution in [1.29, 1.82) is 0 Å². The topological polar surface area (TPSA) is 26.3 Å². The highest BCUT2D eigenvalue weighted by atomic mass is 16.5. The Morgan fingerprint density at radius 2 is 1.30 bits per heavy atom. The molecule has 0 aromatic heterocycles. The van der Waals surface area contributed by atoms with E-state index in [0.29, 0.717) is 11.1 Å². The van der Waals surface area contributed by atoms with E-state index in [1.807, 2.05) is 66.7 Å². The molecule has 0 fully saturated rings. The van der Waals surface area contributed by atoms with Gasteiger partial charge in [-0.15, -0.1) is 0 Å². The van der Waals surface area contributed by atoms with Gasteiger partial charge in [0.05, 0.1) is 0 Å². The minimum Gasteiger partial charge on any atom is -0.457 e. The van der Waals surface area contributed by atoms with Crippen molar-refractivity contribution in [3.05, 3.63) is 95.6 Å². The molecule has 27 heavy (non-hydrogen) atoms. The molecule has 138 valence electrons. The molecule has 0 spiro atoms. The second-order valence-corrected chi connectivity index (χ2v) is 7.48. The fraction of sp³-hybridized carbons (Fsp3) is 0.240. The van der Waals surface area contributed by atoms with E-state index in [9.17, 15) is 4.79 Å². The van der Waals surface area contributed by atoms with Crippen LogP contribution < -0.4 is 4.74 Å². The van der Waals surface area contributed by atoms with Crippen molar-refractivity contribution in [2.45, 2.75) is 39.0 Å². The Labute approximate surface area is 161 Å². The number of hydrogen-bond donors (Lipinski definition) is 0. The summed E-state index contributed by atoms with van der Waals surface area (Å²) in [5.41, 5.74) is 2.78. The molecule has 0 N–H and O–H groups in total. The zero-order valence-corrected chi connectivity index (χ0v) is 16.2. The summed E-state index contributed by atoms with van der Waals surface area (Å²) in [6, 6.07) is 24.9. The van der Waals surface area contributed by atoms with Crippen LogP contribution in [0.15, 0.2) is 78.9 Å². The lowest BCUT2D eigenvalue weighted by atomic mass is 9.80. The van der Waals surface area contributed by atoms with E-state index in [-0.39, 0.29) is 11.2 Å². The summed E-state index contributed by atoms with van der Waals surface area (Å²) >= 11 is 0. The maximum atomic E-state index is 12.8. The molecule has 0 saturated heterocycles. The Kier molecular flexibility index (Phi) is 5.75. The average Bonchev–Trinajstić information content (AvgIpc) is 2.69.